The second-order valence-corrected chi connectivity index (χ2v) is 5.54. The molecule has 0 unspecified atom stereocenters. The molecule has 17 heavy (non-hydrogen) atoms. The maximum absolute atomic E-state index is 11.2. The van der Waals surface area contributed by atoms with Crippen LogP contribution >= 0.6 is 11.8 Å². The van der Waals surface area contributed by atoms with Crippen molar-refractivity contribution in [3.8, 4) is 12.3 Å². The van der Waals surface area contributed by atoms with Crippen molar-refractivity contribution >= 4 is 17.9 Å². The molecule has 0 atom stereocenters. The lowest BCUT2D eigenvalue weighted by molar-refractivity contribution is 0.0528. The number of amides is 1. The largest absolute Gasteiger partial charge is 0.444 e. The van der Waals surface area contributed by atoms with Gasteiger partial charge in [-0.3, -0.25) is 0 Å². The first-order valence-corrected chi connectivity index (χ1v) is 6.80. The van der Waals surface area contributed by atoms with Crippen molar-refractivity contribution in [1.29, 1.82) is 0 Å². The number of terminal acetylenes is 1. The molecule has 0 aromatic heterocycles. The van der Waals surface area contributed by atoms with Crippen LogP contribution in [0.3, 0.4) is 0 Å². The summed E-state index contributed by atoms with van der Waals surface area (Å²) in [7, 11) is 0. The van der Waals surface area contributed by atoms with Crippen LogP contribution in [0.2, 0.25) is 0 Å². The van der Waals surface area contributed by atoms with Crippen LogP contribution in [0.4, 0.5) is 4.79 Å². The van der Waals surface area contributed by atoms with Crippen LogP contribution in [0.15, 0.2) is 0 Å². The van der Waals surface area contributed by atoms with Crippen LogP contribution in [0.1, 0.15) is 20.8 Å². The van der Waals surface area contributed by atoms with Crippen molar-refractivity contribution in [3.05, 3.63) is 0 Å². The predicted octanol–water partition coefficient (Wildman–Crippen LogP) is 1.47. The van der Waals surface area contributed by atoms with Crippen LogP contribution < -0.4 is 10.6 Å². The molecule has 1 amide bonds. The number of alkyl carbamates (subject to hydrolysis) is 1. The maximum atomic E-state index is 11.2. The number of ether oxygens (including phenoxy) is 1. The predicted molar refractivity (Wildman–Crippen MR) is 73.3 cm³/mol. The molecule has 0 bridgehead atoms. The molecule has 0 saturated carbocycles. The van der Waals surface area contributed by atoms with E-state index in [-0.39, 0.29) is 6.09 Å². The fourth-order valence-electron chi connectivity index (χ4n) is 0.968. The maximum Gasteiger partial charge on any atom is 0.407 e. The number of hydrogen-bond donors (Lipinski definition) is 2. The van der Waals surface area contributed by atoms with Gasteiger partial charge in [-0.05, 0) is 20.8 Å². The van der Waals surface area contributed by atoms with Gasteiger partial charge in [-0.1, -0.05) is 5.92 Å². The number of thioether (sulfide) groups is 1. The number of carbonyl (C=O) groups excluding carboxylic acids is 1. The highest BCUT2D eigenvalue weighted by atomic mass is 32.2. The van der Waals surface area contributed by atoms with Gasteiger partial charge in [0.2, 0.25) is 0 Å². The standard InChI is InChI=1S/C12H22N2O2S/c1-5-9-17-10-8-13-6-7-14-11(15)16-12(2,3)4/h1,13H,6-10H2,2-4H3,(H,14,15). The summed E-state index contributed by atoms with van der Waals surface area (Å²) in [6.45, 7) is 7.71. The first-order chi connectivity index (χ1) is 7.95. The van der Waals surface area contributed by atoms with E-state index in [1.54, 1.807) is 11.8 Å². The third kappa shape index (κ3) is 13.1. The fraction of sp³-hybridized carbons (Fsp3) is 0.750. The quantitative estimate of drug-likeness (QED) is 0.536. The summed E-state index contributed by atoms with van der Waals surface area (Å²) >= 11 is 1.71. The molecule has 98 valence electrons. The number of carbonyl (C=O) groups is 1. The summed E-state index contributed by atoms with van der Waals surface area (Å²) in [6, 6.07) is 0. The van der Waals surface area contributed by atoms with Gasteiger partial charge in [-0.25, -0.2) is 4.79 Å². The summed E-state index contributed by atoms with van der Waals surface area (Å²) in [4.78, 5) is 11.2. The Labute approximate surface area is 108 Å². The molecule has 0 radical (unpaired) electrons. The van der Waals surface area contributed by atoms with Crippen LogP contribution in [-0.2, 0) is 4.74 Å². The zero-order valence-electron chi connectivity index (χ0n) is 10.8. The van der Waals surface area contributed by atoms with Gasteiger partial charge in [0.1, 0.15) is 5.60 Å². The molecule has 0 aliphatic heterocycles. The average molecular weight is 258 g/mol. The summed E-state index contributed by atoms with van der Waals surface area (Å²) < 4.78 is 5.09. The summed E-state index contributed by atoms with van der Waals surface area (Å²) in [5.74, 6) is 4.30. The number of hydrogen-bond acceptors (Lipinski definition) is 4. The Hall–Kier alpha value is -0.860. The van der Waals surface area contributed by atoms with E-state index in [1.165, 1.54) is 0 Å². The van der Waals surface area contributed by atoms with Gasteiger partial charge >= 0.3 is 6.09 Å². The minimum Gasteiger partial charge on any atom is -0.444 e. The Morgan fingerprint density at radius 3 is 2.65 bits per heavy atom. The van der Waals surface area contributed by atoms with Gasteiger partial charge in [-0.15, -0.1) is 18.2 Å². The van der Waals surface area contributed by atoms with E-state index in [2.05, 4.69) is 16.6 Å². The molecular formula is C12H22N2O2S. The Morgan fingerprint density at radius 1 is 1.35 bits per heavy atom. The highest BCUT2D eigenvalue weighted by molar-refractivity contribution is 7.99. The Bertz CT molecular complexity index is 256. The van der Waals surface area contributed by atoms with E-state index in [1.807, 2.05) is 20.8 Å². The molecule has 5 heteroatoms. The van der Waals surface area contributed by atoms with Gasteiger partial charge in [0.25, 0.3) is 0 Å². The second kappa shape index (κ2) is 9.20. The SMILES string of the molecule is C#CCSCCNCCNC(=O)OC(C)(C)C. The highest BCUT2D eigenvalue weighted by Gasteiger charge is 2.15. The van der Waals surface area contributed by atoms with Gasteiger partial charge in [0.05, 0.1) is 5.75 Å². The van der Waals surface area contributed by atoms with Gasteiger partial charge in [0.15, 0.2) is 0 Å². The lowest BCUT2D eigenvalue weighted by atomic mass is 10.2. The summed E-state index contributed by atoms with van der Waals surface area (Å²) in [5, 5.41) is 5.88. The van der Waals surface area contributed by atoms with Crippen molar-refractivity contribution < 1.29 is 9.53 Å². The first kappa shape index (κ1) is 16.1. The fourth-order valence-corrected chi connectivity index (χ4v) is 1.52. The summed E-state index contributed by atoms with van der Waals surface area (Å²) in [6.07, 6.45) is 4.75. The second-order valence-electron chi connectivity index (χ2n) is 4.44. The molecule has 0 aliphatic carbocycles. The third-order valence-electron chi connectivity index (χ3n) is 1.58. The third-order valence-corrected chi connectivity index (χ3v) is 2.44. The molecule has 0 rings (SSSR count). The Kier molecular flexibility index (Phi) is 8.73. The number of rotatable bonds is 7. The Morgan fingerprint density at radius 2 is 2.06 bits per heavy atom. The van der Waals surface area contributed by atoms with E-state index < -0.39 is 5.60 Å². The van der Waals surface area contributed by atoms with E-state index in [0.29, 0.717) is 6.54 Å². The molecule has 0 aromatic rings. The monoisotopic (exact) mass is 258 g/mol. The van der Waals surface area contributed by atoms with Crippen molar-refractivity contribution in [1.82, 2.24) is 10.6 Å². The molecule has 0 aromatic carbocycles. The van der Waals surface area contributed by atoms with Gasteiger partial charge in [0, 0.05) is 25.4 Å². The molecule has 4 nitrogen and oxygen atoms in total. The lowest BCUT2D eigenvalue weighted by Crippen LogP contribution is -2.36. The lowest BCUT2D eigenvalue weighted by Gasteiger charge is -2.19. The molecular weight excluding hydrogens is 236 g/mol. The molecule has 0 heterocycles. The molecule has 0 fully saturated rings. The topological polar surface area (TPSA) is 50.4 Å². The van der Waals surface area contributed by atoms with Gasteiger partial charge < -0.3 is 15.4 Å². The minimum atomic E-state index is -0.441. The number of nitrogens with one attached hydrogen (secondary N) is 2. The van der Waals surface area contributed by atoms with E-state index in [0.717, 1.165) is 24.6 Å². The van der Waals surface area contributed by atoms with Gasteiger partial charge in [-0.2, -0.15) is 0 Å². The molecule has 0 saturated heterocycles. The zero-order valence-corrected chi connectivity index (χ0v) is 11.7. The van der Waals surface area contributed by atoms with Crippen molar-refractivity contribution in [3.63, 3.8) is 0 Å². The van der Waals surface area contributed by atoms with E-state index in [9.17, 15) is 4.79 Å². The molecule has 0 spiro atoms. The molecule has 2 N–H and O–H groups in total. The minimum absolute atomic E-state index is 0.374. The van der Waals surface area contributed by atoms with Crippen LogP contribution in [0.5, 0.6) is 0 Å². The summed E-state index contributed by atoms with van der Waals surface area (Å²) in [5.41, 5.74) is -0.441. The van der Waals surface area contributed by atoms with E-state index in [4.69, 9.17) is 11.2 Å². The van der Waals surface area contributed by atoms with Crippen molar-refractivity contribution in [2.75, 3.05) is 31.1 Å². The van der Waals surface area contributed by atoms with E-state index >= 15 is 0 Å². The van der Waals surface area contributed by atoms with Crippen LogP contribution in [0, 0.1) is 12.3 Å². The Balaban J connectivity index is 3.29. The molecule has 0 aliphatic rings. The highest BCUT2D eigenvalue weighted by Crippen LogP contribution is 2.05. The normalized spacial score (nSPS) is 10.7. The zero-order chi connectivity index (χ0) is 13.1. The average Bonchev–Trinajstić information content (AvgIpc) is 2.19. The van der Waals surface area contributed by atoms with Crippen molar-refractivity contribution in [2.45, 2.75) is 26.4 Å². The van der Waals surface area contributed by atoms with Crippen molar-refractivity contribution in [2.24, 2.45) is 0 Å². The van der Waals surface area contributed by atoms with Crippen LogP contribution in [0.25, 0.3) is 0 Å². The van der Waals surface area contributed by atoms with Crippen LogP contribution in [-0.4, -0.2) is 42.8 Å². The first-order valence-electron chi connectivity index (χ1n) is 5.64. The smallest absolute Gasteiger partial charge is 0.407 e.